The van der Waals surface area contributed by atoms with Crippen LogP contribution in [0.25, 0.3) is 0 Å². The van der Waals surface area contributed by atoms with Gasteiger partial charge in [-0.05, 0) is 35.4 Å². The highest BCUT2D eigenvalue weighted by Gasteiger charge is 2.09. The molecule has 102 valence electrons. The molecule has 0 radical (unpaired) electrons. The molecule has 0 amide bonds. The second-order valence-electron chi connectivity index (χ2n) is 4.48. The summed E-state index contributed by atoms with van der Waals surface area (Å²) in [6, 6.07) is 16.8. The van der Waals surface area contributed by atoms with Crippen LogP contribution in [0.2, 0.25) is 5.02 Å². The molecule has 0 fully saturated rings. The van der Waals surface area contributed by atoms with E-state index in [2.05, 4.69) is 11.4 Å². The van der Waals surface area contributed by atoms with Crippen molar-refractivity contribution in [2.45, 2.75) is 12.6 Å². The van der Waals surface area contributed by atoms with Gasteiger partial charge in [-0.1, -0.05) is 35.9 Å². The molecule has 0 saturated carbocycles. The van der Waals surface area contributed by atoms with Crippen LogP contribution in [-0.2, 0) is 6.54 Å². The highest BCUT2D eigenvalue weighted by atomic mass is 35.5. The number of halogens is 1. The maximum absolute atomic E-state index is 9.48. The summed E-state index contributed by atoms with van der Waals surface area (Å²) in [5.74, 6) is 0. The van der Waals surface area contributed by atoms with Crippen LogP contribution in [0.15, 0.2) is 48.5 Å². The van der Waals surface area contributed by atoms with Crippen molar-refractivity contribution in [1.29, 1.82) is 5.26 Å². The molecule has 1 atom stereocenters. The maximum atomic E-state index is 9.48. The van der Waals surface area contributed by atoms with Gasteiger partial charge in [-0.2, -0.15) is 5.26 Å². The molecule has 0 spiro atoms. The fraction of sp³-hybridized carbons (Fsp3) is 0.188. The molecule has 0 aliphatic heterocycles. The third-order valence-corrected chi connectivity index (χ3v) is 3.32. The largest absolute Gasteiger partial charge is 0.394 e. The van der Waals surface area contributed by atoms with Crippen molar-refractivity contribution in [1.82, 2.24) is 5.32 Å². The number of nitrogens with one attached hydrogen (secondary N) is 1. The first kappa shape index (κ1) is 14.5. The number of aliphatic hydroxyl groups excluding tert-OH is 1. The van der Waals surface area contributed by atoms with E-state index < -0.39 is 0 Å². The zero-order chi connectivity index (χ0) is 14.4. The zero-order valence-electron chi connectivity index (χ0n) is 10.9. The molecule has 0 saturated heterocycles. The molecular formula is C16H15ClN2O. The Morgan fingerprint density at radius 3 is 2.60 bits per heavy atom. The summed E-state index contributed by atoms with van der Waals surface area (Å²) >= 11 is 5.85. The highest BCUT2D eigenvalue weighted by Crippen LogP contribution is 2.17. The van der Waals surface area contributed by atoms with Gasteiger partial charge in [0.1, 0.15) is 0 Å². The predicted molar refractivity (Wildman–Crippen MR) is 79.3 cm³/mol. The molecular weight excluding hydrogens is 272 g/mol. The molecule has 0 heterocycles. The summed E-state index contributed by atoms with van der Waals surface area (Å²) in [5, 5.41) is 22.3. The van der Waals surface area contributed by atoms with E-state index in [1.807, 2.05) is 30.3 Å². The first-order valence-electron chi connectivity index (χ1n) is 6.31. The quantitative estimate of drug-likeness (QED) is 0.888. The van der Waals surface area contributed by atoms with Crippen molar-refractivity contribution in [2.24, 2.45) is 0 Å². The fourth-order valence-electron chi connectivity index (χ4n) is 1.97. The predicted octanol–water partition coefficient (Wildman–Crippen LogP) is 3.03. The van der Waals surface area contributed by atoms with E-state index in [-0.39, 0.29) is 12.6 Å². The fourth-order valence-corrected chi connectivity index (χ4v) is 2.10. The lowest BCUT2D eigenvalue weighted by Crippen LogP contribution is -2.23. The summed E-state index contributed by atoms with van der Waals surface area (Å²) in [6.07, 6.45) is 0. The molecule has 0 aromatic heterocycles. The summed E-state index contributed by atoms with van der Waals surface area (Å²) in [4.78, 5) is 0. The van der Waals surface area contributed by atoms with E-state index >= 15 is 0 Å². The average Bonchev–Trinajstić information content (AvgIpc) is 2.50. The number of nitrogens with zero attached hydrogens (tertiary/aromatic N) is 1. The van der Waals surface area contributed by atoms with Crippen molar-refractivity contribution in [3.05, 3.63) is 70.2 Å². The van der Waals surface area contributed by atoms with Crippen LogP contribution < -0.4 is 5.32 Å². The average molecular weight is 287 g/mol. The molecule has 4 heteroatoms. The first-order valence-corrected chi connectivity index (χ1v) is 6.69. The number of aliphatic hydroxyl groups is 1. The van der Waals surface area contributed by atoms with Crippen molar-refractivity contribution in [3.63, 3.8) is 0 Å². The van der Waals surface area contributed by atoms with Crippen molar-refractivity contribution < 1.29 is 5.11 Å². The van der Waals surface area contributed by atoms with Gasteiger partial charge in [-0.15, -0.1) is 0 Å². The third kappa shape index (κ3) is 3.82. The lowest BCUT2D eigenvalue weighted by Gasteiger charge is -2.17. The minimum absolute atomic E-state index is 0.000424. The number of nitriles is 1. The summed E-state index contributed by atoms with van der Waals surface area (Å²) in [6.45, 7) is 0.586. The van der Waals surface area contributed by atoms with Crippen LogP contribution >= 0.6 is 11.6 Å². The van der Waals surface area contributed by atoms with Gasteiger partial charge in [0.15, 0.2) is 0 Å². The molecule has 2 rings (SSSR count). The van der Waals surface area contributed by atoms with Crippen LogP contribution in [0.1, 0.15) is 22.7 Å². The monoisotopic (exact) mass is 286 g/mol. The molecule has 2 aromatic carbocycles. The second kappa shape index (κ2) is 7.06. The van der Waals surface area contributed by atoms with E-state index in [0.717, 1.165) is 11.1 Å². The maximum Gasteiger partial charge on any atom is 0.0991 e. The lowest BCUT2D eigenvalue weighted by molar-refractivity contribution is 0.243. The SMILES string of the molecule is N#Cc1cccc(CNC(CO)c2ccc(Cl)cc2)c1. The Balaban J connectivity index is 2.03. The Hall–Kier alpha value is -1.86. The summed E-state index contributed by atoms with van der Waals surface area (Å²) in [5.41, 5.74) is 2.63. The van der Waals surface area contributed by atoms with Crippen LogP contribution in [0.3, 0.4) is 0 Å². The Bertz CT molecular complexity index is 605. The lowest BCUT2D eigenvalue weighted by atomic mass is 10.1. The molecule has 0 aliphatic carbocycles. The minimum Gasteiger partial charge on any atom is -0.394 e. The van der Waals surface area contributed by atoms with Crippen molar-refractivity contribution in [2.75, 3.05) is 6.61 Å². The van der Waals surface area contributed by atoms with Crippen LogP contribution in [0, 0.1) is 11.3 Å². The first-order chi connectivity index (χ1) is 9.72. The van der Waals surface area contributed by atoms with E-state index in [4.69, 9.17) is 16.9 Å². The van der Waals surface area contributed by atoms with Gasteiger partial charge in [0.2, 0.25) is 0 Å². The van der Waals surface area contributed by atoms with E-state index in [1.54, 1.807) is 18.2 Å². The van der Waals surface area contributed by atoms with Gasteiger partial charge in [-0.3, -0.25) is 0 Å². The molecule has 2 aromatic rings. The van der Waals surface area contributed by atoms with Gasteiger partial charge >= 0.3 is 0 Å². The summed E-state index contributed by atoms with van der Waals surface area (Å²) < 4.78 is 0. The van der Waals surface area contributed by atoms with E-state index in [9.17, 15) is 5.11 Å². The van der Waals surface area contributed by atoms with Gasteiger partial charge in [0, 0.05) is 11.6 Å². The Morgan fingerprint density at radius 2 is 1.95 bits per heavy atom. The van der Waals surface area contributed by atoms with Gasteiger partial charge in [-0.25, -0.2) is 0 Å². The number of rotatable bonds is 5. The number of hydrogen-bond donors (Lipinski definition) is 2. The van der Waals surface area contributed by atoms with Gasteiger partial charge in [0.05, 0.1) is 24.3 Å². The molecule has 1 unspecified atom stereocenters. The van der Waals surface area contributed by atoms with E-state index in [1.165, 1.54) is 0 Å². The molecule has 0 bridgehead atoms. The van der Waals surface area contributed by atoms with Crippen LogP contribution in [0.4, 0.5) is 0 Å². The molecule has 3 nitrogen and oxygen atoms in total. The molecule has 0 aliphatic rings. The Morgan fingerprint density at radius 1 is 1.20 bits per heavy atom. The van der Waals surface area contributed by atoms with Crippen LogP contribution in [0.5, 0.6) is 0 Å². The van der Waals surface area contributed by atoms with Gasteiger partial charge < -0.3 is 10.4 Å². The molecule has 2 N–H and O–H groups in total. The smallest absolute Gasteiger partial charge is 0.0991 e. The topological polar surface area (TPSA) is 56.0 Å². The zero-order valence-corrected chi connectivity index (χ0v) is 11.6. The Labute approximate surface area is 123 Å². The third-order valence-electron chi connectivity index (χ3n) is 3.06. The van der Waals surface area contributed by atoms with Crippen molar-refractivity contribution >= 4 is 11.6 Å². The minimum atomic E-state index is -0.155. The highest BCUT2D eigenvalue weighted by molar-refractivity contribution is 6.30. The second-order valence-corrected chi connectivity index (χ2v) is 4.92. The molecule has 20 heavy (non-hydrogen) atoms. The standard InChI is InChI=1S/C16H15ClN2O/c17-15-6-4-14(5-7-15)16(11-20)19-10-13-3-1-2-12(8-13)9-18/h1-8,16,19-20H,10-11H2. The van der Waals surface area contributed by atoms with E-state index in [0.29, 0.717) is 17.1 Å². The Kier molecular flexibility index (Phi) is 5.14. The van der Waals surface area contributed by atoms with Crippen molar-refractivity contribution in [3.8, 4) is 6.07 Å². The number of benzene rings is 2. The van der Waals surface area contributed by atoms with Gasteiger partial charge in [0.25, 0.3) is 0 Å². The normalized spacial score (nSPS) is 11.8. The van der Waals surface area contributed by atoms with Crippen LogP contribution in [-0.4, -0.2) is 11.7 Å². The number of hydrogen-bond acceptors (Lipinski definition) is 3. The summed E-state index contributed by atoms with van der Waals surface area (Å²) in [7, 11) is 0.